The molecule has 0 radical (unpaired) electrons. The fraction of sp³-hybridized carbons (Fsp3) is 0.158. The monoisotopic (exact) mass is 357 g/mol. The number of esters is 1. The van der Waals surface area contributed by atoms with Crippen LogP contribution in [0.4, 0.5) is 4.39 Å². The number of thiazole rings is 1. The van der Waals surface area contributed by atoms with E-state index in [4.69, 9.17) is 4.74 Å². The zero-order chi connectivity index (χ0) is 17.8. The lowest BCUT2D eigenvalue weighted by Gasteiger charge is -2.06. The molecular formula is C19H16FNO3S. The normalized spacial score (nSPS) is 10.6. The number of halogens is 1. The van der Waals surface area contributed by atoms with Crippen molar-refractivity contribution in [1.82, 2.24) is 4.98 Å². The van der Waals surface area contributed by atoms with Gasteiger partial charge in [-0.3, -0.25) is 4.79 Å². The highest BCUT2D eigenvalue weighted by Crippen LogP contribution is 2.24. The van der Waals surface area contributed by atoms with Gasteiger partial charge in [-0.05, 0) is 30.2 Å². The summed E-state index contributed by atoms with van der Waals surface area (Å²) in [6.07, 6.45) is 0.477. The van der Waals surface area contributed by atoms with E-state index in [2.05, 4.69) is 4.98 Å². The maximum absolute atomic E-state index is 12.9. The minimum Gasteiger partial charge on any atom is -0.461 e. The summed E-state index contributed by atoms with van der Waals surface area (Å²) < 4.78 is 18.2. The molecular weight excluding hydrogens is 341 g/mol. The molecule has 128 valence electrons. The van der Waals surface area contributed by atoms with Gasteiger partial charge in [-0.25, -0.2) is 9.18 Å². The summed E-state index contributed by atoms with van der Waals surface area (Å²) >= 11 is 0.834. The Kier molecular flexibility index (Phi) is 5.09. The second kappa shape index (κ2) is 7.44. The van der Waals surface area contributed by atoms with E-state index in [1.54, 1.807) is 12.1 Å². The van der Waals surface area contributed by atoms with Crippen molar-refractivity contribution in [2.45, 2.75) is 13.3 Å². The van der Waals surface area contributed by atoms with Crippen LogP contribution in [0.2, 0.25) is 0 Å². The number of rotatable bonds is 5. The Balaban J connectivity index is 1.71. The summed E-state index contributed by atoms with van der Waals surface area (Å²) in [5, 5.41) is 0. The van der Waals surface area contributed by atoms with Gasteiger partial charge < -0.3 is 9.72 Å². The molecule has 2 aromatic carbocycles. The number of aromatic amines is 1. The number of carbonyl (C=O) groups excluding carboxylic acids is 1. The number of aromatic nitrogens is 1. The predicted molar refractivity (Wildman–Crippen MR) is 95.5 cm³/mol. The first-order valence-electron chi connectivity index (χ1n) is 7.74. The zero-order valence-electron chi connectivity index (χ0n) is 13.5. The van der Waals surface area contributed by atoms with E-state index in [0.29, 0.717) is 12.1 Å². The van der Waals surface area contributed by atoms with Crippen molar-refractivity contribution in [1.29, 1.82) is 0 Å². The van der Waals surface area contributed by atoms with E-state index >= 15 is 0 Å². The number of hydrogen-bond donors (Lipinski definition) is 1. The fourth-order valence-corrected chi connectivity index (χ4v) is 3.13. The van der Waals surface area contributed by atoms with E-state index in [0.717, 1.165) is 28.0 Å². The molecule has 0 amide bonds. The Bertz CT molecular complexity index is 927. The second-order valence-corrected chi connectivity index (χ2v) is 6.58. The molecule has 0 aliphatic rings. The molecule has 25 heavy (non-hydrogen) atoms. The second-order valence-electron chi connectivity index (χ2n) is 5.60. The molecule has 3 aromatic rings. The SMILES string of the molecule is Cc1ccc(-c2[nH]c(=O)sc2C(=O)OCCc2ccc(F)cc2)cc1. The van der Waals surface area contributed by atoms with Crippen LogP contribution in [0.15, 0.2) is 53.3 Å². The van der Waals surface area contributed by atoms with Gasteiger partial charge in [0.1, 0.15) is 10.7 Å². The van der Waals surface area contributed by atoms with Crippen molar-refractivity contribution >= 4 is 17.3 Å². The standard InChI is InChI=1S/C19H16FNO3S/c1-12-2-6-14(7-3-12)16-17(25-19(23)21-16)18(22)24-11-10-13-4-8-15(20)9-5-13/h2-9H,10-11H2,1H3,(H,21,23). The van der Waals surface area contributed by atoms with Crippen LogP contribution in [-0.2, 0) is 11.2 Å². The van der Waals surface area contributed by atoms with Gasteiger partial charge in [0.25, 0.3) is 0 Å². The van der Waals surface area contributed by atoms with Crippen LogP contribution in [0.25, 0.3) is 11.3 Å². The number of ether oxygens (including phenoxy) is 1. The van der Waals surface area contributed by atoms with Crippen LogP contribution in [0, 0.1) is 12.7 Å². The van der Waals surface area contributed by atoms with Crippen molar-refractivity contribution in [3.05, 3.63) is 80.0 Å². The van der Waals surface area contributed by atoms with Crippen molar-refractivity contribution in [3.8, 4) is 11.3 Å². The van der Waals surface area contributed by atoms with Crippen molar-refractivity contribution in [2.24, 2.45) is 0 Å². The Morgan fingerprint density at radius 3 is 2.48 bits per heavy atom. The molecule has 0 unspecified atom stereocenters. The van der Waals surface area contributed by atoms with Gasteiger partial charge in [-0.15, -0.1) is 0 Å². The number of H-pyrrole nitrogens is 1. The van der Waals surface area contributed by atoms with Gasteiger partial charge in [0.2, 0.25) is 0 Å². The minimum atomic E-state index is -0.541. The van der Waals surface area contributed by atoms with Crippen LogP contribution in [0.5, 0.6) is 0 Å². The first-order chi connectivity index (χ1) is 12.0. The summed E-state index contributed by atoms with van der Waals surface area (Å²) in [6.45, 7) is 2.12. The summed E-state index contributed by atoms with van der Waals surface area (Å²) in [4.78, 5) is 26.7. The van der Waals surface area contributed by atoms with Gasteiger partial charge in [-0.2, -0.15) is 0 Å². The first kappa shape index (κ1) is 17.1. The Hall–Kier alpha value is -2.73. The highest BCUT2D eigenvalue weighted by Gasteiger charge is 2.18. The lowest BCUT2D eigenvalue weighted by molar-refractivity contribution is 0.0515. The molecule has 0 spiro atoms. The molecule has 0 fully saturated rings. The summed E-state index contributed by atoms with van der Waals surface area (Å²) in [7, 11) is 0. The van der Waals surface area contributed by atoms with E-state index in [1.807, 2.05) is 31.2 Å². The third-order valence-corrected chi connectivity index (χ3v) is 4.57. The minimum absolute atomic E-state index is 0.157. The van der Waals surface area contributed by atoms with Gasteiger partial charge in [0.05, 0.1) is 12.3 Å². The molecule has 1 aromatic heterocycles. The highest BCUT2D eigenvalue weighted by atomic mass is 32.1. The molecule has 0 bridgehead atoms. The number of hydrogen-bond acceptors (Lipinski definition) is 4. The van der Waals surface area contributed by atoms with E-state index in [9.17, 15) is 14.0 Å². The smallest absolute Gasteiger partial charge is 0.350 e. The average molecular weight is 357 g/mol. The largest absolute Gasteiger partial charge is 0.461 e. The molecule has 0 saturated carbocycles. The zero-order valence-corrected chi connectivity index (χ0v) is 14.4. The van der Waals surface area contributed by atoms with Crippen molar-refractivity contribution in [3.63, 3.8) is 0 Å². The molecule has 3 rings (SSSR count). The number of benzene rings is 2. The molecule has 1 heterocycles. The number of nitrogens with one attached hydrogen (secondary N) is 1. The van der Waals surface area contributed by atoms with Crippen LogP contribution >= 0.6 is 11.3 Å². The quantitative estimate of drug-likeness (QED) is 0.704. The topological polar surface area (TPSA) is 59.2 Å². The summed E-state index contributed by atoms with van der Waals surface area (Å²) in [5.74, 6) is -0.846. The Morgan fingerprint density at radius 2 is 1.80 bits per heavy atom. The lowest BCUT2D eigenvalue weighted by atomic mass is 10.1. The summed E-state index contributed by atoms with van der Waals surface area (Å²) in [6, 6.07) is 13.6. The van der Waals surface area contributed by atoms with Crippen LogP contribution < -0.4 is 4.87 Å². The molecule has 4 nitrogen and oxygen atoms in total. The Morgan fingerprint density at radius 1 is 1.12 bits per heavy atom. The van der Waals surface area contributed by atoms with Crippen LogP contribution in [0.3, 0.4) is 0 Å². The molecule has 1 N–H and O–H groups in total. The van der Waals surface area contributed by atoms with Gasteiger partial charge in [-0.1, -0.05) is 53.3 Å². The molecule has 0 aliphatic carbocycles. The van der Waals surface area contributed by atoms with E-state index < -0.39 is 5.97 Å². The van der Waals surface area contributed by atoms with Gasteiger partial charge in [0, 0.05) is 6.42 Å². The molecule has 6 heteroatoms. The maximum atomic E-state index is 12.9. The summed E-state index contributed by atoms with van der Waals surface area (Å²) in [5.41, 5.74) is 3.19. The van der Waals surface area contributed by atoms with Crippen LogP contribution in [-0.4, -0.2) is 17.6 Å². The predicted octanol–water partition coefficient (Wildman–Crippen LogP) is 3.95. The fourth-order valence-electron chi connectivity index (χ4n) is 2.37. The highest BCUT2D eigenvalue weighted by molar-refractivity contribution is 7.11. The molecule has 0 aliphatic heterocycles. The lowest BCUT2D eigenvalue weighted by Crippen LogP contribution is -2.08. The number of aryl methyl sites for hydroxylation is 1. The molecule has 0 atom stereocenters. The van der Waals surface area contributed by atoms with Crippen molar-refractivity contribution in [2.75, 3.05) is 6.61 Å². The third kappa shape index (κ3) is 4.22. The average Bonchev–Trinajstić information content (AvgIpc) is 2.99. The van der Waals surface area contributed by atoms with Crippen molar-refractivity contribution < 1.29 is 13.9 Å². The van der Waals surface area contributed by atoms with E-state index in [-0.39, 0.29) is 22.2 Å². The first-order valence-corrected chi connectivity index (χ1v) is 8.56. The van der Waals surface area contributed by atoms with E-state index in [1.165, 1.54) is 12.1 Å². The van der Waals surface area contributed by atoms with Gasteiger partial charge >= 0.3 is 10.8 Å². The third-order valence-electron chi connectivity index (χ3n) is 3.71. The van der Waals surface area contributed by atoms with Gasteiger partial charge in [0.15, 0.2) is 0 Å². The Labute approximate surface area is 147 Å². The van der Waals surface area contributed by atoms with Crippen LogP contribution in [0.1, 0.15) is 20.8 Å². The maximum Gasteiger partial charge on any atom is 0.350 e. The molecule has 0 saturated heterocycles. The number of carbonyl (C=O) groups is 1.